The van der Waals surface area contributed by atoms with Crippen molar-refractivity contribution in [1.29, 1.82) is 0 Å². The van der Waals surface area contributed by atoms with Crippen molar-refractivity contribution in [2.75, 3.05) is 11.1 Å². The zero-order valence-corrected chi connectivity index (χ0v) is 11.4. The maximum Gasteiger partial charge on any atom is 0.255 e. The summed E-state index contributed by atoms with van der Waals surface area (Å²) in [5.74, 6) is -1.98. The summed E-state index contributed by atoms with van der Waals surface area (Å²) in [4.78, 5) is 11.9. The first-order valence-electron chi connectivity index (χ1n) is 5.39. The molecule has 0 saturated carbocycles. The van der Waals surface area contributed by atoms with E-state index in [2.05, 4.69) is 5.32 Å². The molecule has 0 fully saturated rings. The van der Waals surface area contributed by atoms with E-state index in [0.717, 1.165) is 18.2 Å². The van der Waals surface area contributed by atoms with Crippen LogP contribution in [0.5, 0.6) is 0 Å². The Morgan fingerprint density at radius 1 is 1.10 bits per heavy atom. The molecule has 0 spiro atoms. The number of nitrogens with two attached hydrogens (primary N) is 1. The molecule has 2 rings (SSSR count). The van der Waals surface area contributed by atoms with E-state index in [-0.39, 0.29) is 27.0 Å². The number of amides is 1. The standard InChI is InChI=1S/C13H8Cl2F2N2O/c14-8-4-7(16)5-9(15)12(8)19-13(20)6-1-2-11(18)10(17)3-6/h1-5H,18H2,(H,19,20). The molecule has 0 radical (unpaired) electrons. The van der Waals surface area contributed by atoms with Gasteiger partial charge in [-0.25, -0.2) is 8.78 Å². The van der Waals surface area contributed by atoms with Crippen molar-refractivity contribution < 1.29 is 13.6 Å². The van der Waals surface area contributed by atoms with E-state index in [0.29, 0.717) is 0 Å². The topological polar surface area (TPSA) is 55.1 Å². The molecule has 3 nitrogen and oxygen atoms in total. The van der Waals surface area contributed by atoms with Crippen LogP contribution in [-0.2, 0) is 0 Å². The summed E-state index contributed by atoms with van der Waals surface area (Å²) in [7, 11) is 0. The highest BCUT2D eigenvalue weighted by Gasteiger charge is 2.14. The maximum absolute atomic E-state index is 13.3. The quantitative estimate of drug-likeness (QED) is 0.819. The molecular weight excluding hydrogens is 309 g/mol. The van der Waals surface area contributed by atoms with Gasteiger partial charge in [-0.15, -0.1) is 0 Å². The summed E-state index contributed by atoms with van der Waals surface area (Å²) in [6.07, 6.45) is 0. The number of carbonyl (C=O) groups is 1. The zero-order valence-electron chi connectivity index (χ0n) is 9.88. The first-order valence-corrected chi connectivity index (χ1v) is 6.15. The number of rotatable bonds is 2. The number of anilines is 2. The lowest BCUT2D eigenvalue weighted by atomic mass is 10.2. The molecule has 3 N–H and O–H groups in total. The fourth-order valence-corrected chi connectivity index (χ4v) is 2.07. The largest absolute Gasteiger partial charge is 0.396 e. The predicted molar refractivity (Wildman–Crippen MR) is 75.2 cm³/mol. The van der Waals surface area contributed by atoms with Gasteiger partial charge in [0.2, 0.25) is 0 Å². The second-order valence-electron chi connectivity index (χ2n) is 3.93. The Kier molecular flexibility index (Phi) is 4.11. The summed E-state index contributed by atoms with van der Waals surface area (Å²) in [5.41, 5.74) is 5.33. The Bertz CT molecular complexity index is 669. The molecule has 0 heterocycles. The van der Waals surface area contributed by atoms with Gasteiger partial charge < -0.3 is 11.1 Å². The summed E-state index contributed by atoms with van der Waals surface area (Å²) in [5, 5.41) is 2.28. The fourth-order valence-electron chi connectivity index (χ4n) is 1.52. The number of nitrogens with one attached hydrogen (secondary N) is 1. The molecule has 7 heteroatoms. The monoisotopic (exact) mass is 316 g/mol. The SMILES string of the molecule is Nc1ccc(C(=O)Nc2c(Cl)cc(F)cc2Cl)cc1F. The normalized spacial score (nSPS) is 10.4. The summed E-state index contributed by atoms with van der Waals surface area (Å²) >= 11 is 11.6. The summed E-state index contributed by atoms with van der Waals surface area (Å²) in [6.45, 7) is 0. The van der Waals surface area contributed by atoms with Gasteiger partial charge in [-0.3, -0.25) is 4.79 Å². The molecule has 0 atom stereocenters. The van der Waals surface area contributed by atoms with Crippen molar-refractivity contribution in [3.05, 3.63) is 57.6 Å². The van der Waals surface area contributed by atoms with Crippen LogP contribution in [0.2, 0.25) is 10.0 Å². The van der Waals surface area contributed by atoms with Crippen molar-refractivity contribution in [2.45, 2.75) is 0 Å². The minimum absolute atomic E-state index is 0.0353. The lowest BCUT2D eigenvalue weighted by Gasteiger charge is -2.10. The number of benzene rings is 2. The minimum atomic E-state index is -0.714. The Hall–Kier alpha value is -1.85. The second-order valence-corrected chi connectivity index (χ2v) is 4.75. The average Bonchev–Trinajstić information content (AvgIpc) is 2.36. The minimum Gasteiger partial charge on any atom is -0.396 e. The third-order valence-electron chi connectivity index (χ3n) is 2.51. The number of hydrogen-bond donors (Lipinski definition) is 2. The molecular formula is C13H8Cl2F2N2O. The van der Waals surface area contributed by atoms with E-state index in [1.54, 1.807) is 0 Å². The van der Waals surface area contributed by atoms with E-state index >= 15 is 0 Å². The number of halogens is 4. The van der Waals surface area contributed by atoms with Gasteiger partial charge in [0.15, 0.2) is 0 Å². The Labute approximate surface area is 123 Å². The average molecular weight is 317 g/mol. The highest BCUT2D eigenvalue weighted by atomic mass is 35.5. The van der Waals surface area contributed by atoms with Crippen LogP contribution in [0.3, 0.4) is 0 Å². The Morgan fingerprint density at radius 3 is 2.25 bits per heavy atom. The molecule has 1 amide bonds. The fraction of sp³-hybridized carbons (Fsp3) is 0. The third-order valence-corrected chi connectivity index (χ3v) is 3.10. The molecule has 0 aliphatic heterocycles. The van der Waals surface area contributed by atoms with E-state index < -0.39 is 17.5 Å². The van der Waals surface area contributed by atoms with Crippen LogP contribution in [0.4, 0.5) is 20.2 Å². The lowest BCUT2D eigenvalue weighted by molar-refractivity contribution is 0.102. The lowest BCUT2D eigenvalue weighted by Crippen LogP contribution is -2.13. The highest BCUT2D eigenvalue weighted by molar-refractivity contribution is 6.40. The van der Waals surface area contributed by atoms with Crippen LogP contribution in [0.1, 0.15) is 10.4 Å². The summed E-state index contributed by atoms with van der Waals surface area (Å²) < 4.78 is 26.3. The van der Waals surface area contributed by atoms with E-state index in [1.807, 2.05) is 0 Å². The second kappa shape index (κ2) is 5.64. The number of nitrogen functional groups attached to an aromatic ring is 1. The van der Waals surface area contributed by atoms with E-state index in [4.69, 9.17) is 28.9 Å². The van der Waals surface area contributed by atoms with Gasteiger partial charge in [0.05, 0.1) is 21.4 Å². The van der Waals surface area contributed by atoms with Gasteiger partial charge in [0.1, 0.15) is 11.6 Å². The molecule has 0 saturated heterocycles. The zero-order chi connectivity index (χ0) is 14.9. The molecule has 2 aromatic carbocycles. The first kappa shape index (κ1) is 14.6. The highest BCUT2D eigenvalue weighted by Crippen LogP contribution is 2.31. The van der Waals surface area contributed by atoms with Gasteiger partial charge >= 0.3 is 0 Å². The van der Waals surface area contributed by atoms with E-state index in [9.17, 15) is 13.6 Å². The molecule has 0 aliphatic carbocycles. The van der Waals surface area contributed by atoms with Gasteiger partial charge in [-0.1, -0.05) is 23.2 Å². The van der Waals surface area contributed by atoms with Crippen LogP contribution in [0.25, 0.3) is 0 Å². The molecule has 0 aliphatic rings. The van der Waals surface area contributed by atoms with Crippen LogP contribution in [0.15, 0.2) is 30.3 Å². The van der Waals surface area contributed by atoms with Gasteiger partial charge in [0.25, 0.3) is 5.91 Å². The first-order chi connectivity index (χ1) is 9.38. The molecule has 2 aromatic rings. The maximum atomic E-state index is 13.3. The Morgan fingerprint density at radius 2 is 1.70 bits per heavy atom. The van der Waals surface area contributed by atoms with Gasteiger partial charge in [-0.2, -0.15) is 0 Å². The van der Waals surface area contributed by atoms with Crippen molar-refractivity contribution in [3.8, 4) is 0 Å². The van der Waals surface area contributed by atoms with E-state index in [1.165, 1.54) is 12.1 Å². The van der Waals surface area contributed by atoms with Crippen LogP contribution in [-0.4, -0.2) is 5.91 Å². The van der Waals surface area contributed by atoms with Crippen molar-refractivity contribution in [3.63, 3.8) is 0 Å². The van der Waals surface area contributed by atoms with Crippen molar-refractivity contribution >= 4 is 40.5 Å². The molecule has 20 heavy (non-hydrogen) atoms. The molecule has 0 unspecified atom stereocenters. The third kappa shape index (κ3) is 3.00. The van der Waals surface area contributed by atoms with Crippen LogP contribution in [0, 0.1) is 11.6 Å². The molecule has 104 valence electrons. The molecule has 0 bridgehead atoms. The number of carbonyl (C=O) groups excluding carboxylic acids is 1. The smallest absolute Gasteiger partial charge is 0.255 e. The number of hydrogen-bond acceptors (Lipinski definition) is 2. The Balaban J connectivity index is 2.30. The van der Waals surface area contributed by atoms with Gasteiger partial charge in [-0.05, 0) is 30.3 Å². The van der Waals surface area contributed by atoms with Crippen molar-refractivity contribution in [1.82, 2.24) is 0 Å². The predicted octanol–water partition coefficient (Wildman–Crippen LogP) is 4.11. The van der Waals surface area contributed by atoms with Gasteiger partial charge in [0, 0.05) is 5.56 Å². The van der Waals surface area contributed by atoms with Crippen LogP contribution >= 0.6 is 23.2 Å². The summed E-state index contributed by atoms with van der Waals surface area (Å²) in [6, 6.07) is 5.60. The van der Waals surface area contributed by atoms with Crippen molar-refractivity contribution in [2.24, 2.45) is 0 Å². The molecule has 0 aromatic heterocycles. The van der Waals surface area contributed by atoms with Crippen LogP contribution < -0.4 is 11.1 Å².